The second-order valence-corrected chi connectivity index (χ2v) is 4.31. The van der Waals surface area contributed by atoms with Crippen molar-refractivity contribution in [2.75, 3.05) is 39.6 Å². The molecule has 0 aliphatic heterocycles. The van der Waals surface area contributed by atoms with Crippen molar-refractivity contribution in [3.8, 4) is 0 Å². The molecule has 0 spiro atoms. The highest BCUT2D eigenvalue weighted by atomic mass is 32.1. The molecule has 2 nitrogen and oxygen atoms in total. The van der Waals surface area contributed by atoms with Crippen LogP contribution in [0.15, 0.2) is 0 Å². The molecule has 0 saturated carbocycles. The van der Waals surface area contributed by atoms with Crippen LogP contribution >= 0.6 is 12.6 Å². The predicted octanol–water partition coefficient (Wildman–Crippen LogP) is 2.30. The summed E-state index contributed by atoms with van der Waals surface area (Å²) in [6.45, 7) is 5.40. The monoisotopic (exact) mass is 219 g/mol. The quantitative estimate of drug-likeness (QED) is 0.472. The Labute approximate surface area is 94.4 Å². The average Bonchev–Trinajstić information content (AvgIpc) is 2.17. The van der Waals surface area contributed by atoms with Gasteiger partial charge in [-0.25, -0.2) is 0 Å². The Bertz CT molecular complexity index is 122. The minimum absolute atomic E-state index is 0.746. The normalized spacial score (nSPS) is 13.5. The molecule has 0 aliphatic rings. The number of nitrogens with zero attached hydrogens (tertiary/aromatic N) is 1. The summed E-state index contributed by atoms with van der Waals surface area (Å²) >= 11 is 4.38. The Kier molecular flexibility index (Phi) is 10.0. The minimum Gasteiger partial charge on any atom is -0.385 e. The predicted molar refractivity (Wildman–Crippen MR) is 66.2 cm³/mol. The number of rotatable bonds is 9. The Morgan fingerprint density at radius 1 is 1.43 bits per heavy atom. The van der Waals surface area contributed by atoms with E-state index in [4.69, 9.17) is 4.74 Å². The number of thiol groups is 1. The van der Waals surface area contributed by atoms with Gasteiger partial charge in [0.25, 0.3) is 0 Å². The lowest BCUT2D eigenvalue weighted by Gasteiger charge is -2.22. The maximum absolute atomic E-state index is 5.03. The molecule has 14 heavy (non-hydrogen) atoms. The first-order valence-electron chi connectivity index (χ1n) is 5.52. The summed E-state index contributed by atoms with van der Waals surface area (Å²) in [5.74, 6) is 1.75. The summed E-state index contributed by atoms with van der Waals surface area (Å²) in [5.41, 5.74) is 0. The molecule has 0 N–H and O–H groups in total. The SMILES string of the molecule is CCCC(CS)CN(C)CCCOC. The fourth-order valence-electron chi connectivity index (χ4n) is 1.66. The number of hydrogen-bond acceptors (Lipinski definition) is 3. The van der Waals surface area contributed by atoms with E-state index >= 15 is 0 Å². The molecule has 0 aromatic carbocycles. The first kappa shape index (κ1) is 14.3. The van der Waals surface area contributed by atoms with E-state index in [1.54, 1.807) is 7.11 Å². The molecule has 3 heteroatoms. The molecular formula is C11H25NOS. The van der Waals surface area contributed by atoms with Gasteiger partial charge in [-0.2, -0.15) is 12.6 Å². The van der Waals surface area contributed by atoms with Crippen molar-refractivity contribution in [1.29, 1.82) is 0 Å². The van der Waals surface area contributed by atoms with Crippen LogP contribution in [0, 0.1) is 5.92 Å². The van der Waals surface area contributed by atoms with Crippen LogP contribution in [0.2, 0.25) is 0 Å². The highest BCUT2D eigenvalue weighted by molar-refractivity contribution is 7.80. The van der Waals surface area contributed by atoms with Crippen molar-refractivity contribution in [3.63, 3.8) is 0 Å². The lowest BCUT2D eigenvalue weighted by Crippen LogP contribution is -2.28. The lowest BCUT2D eigenvalue weighted by atomic mass is 10.1. The highest BCUT2D eigenvalue weighted by Gasteiger charge is 2.08. The van der Waals surface area contributed by atoms with E-state index in [1.807, 2.05) is 0 Å². The van der Waals surface area contributed by atoms with E-state index in [0.717, 1.165) is 31.2 Å². The molecule has 0 amide bonds. The van der Waals surface area contributed by atoms with Crippen molar-refractivity contribution in [2.24, 2.45) is 5.92 Å². The van der Waals surface area contributed by atoms with Crippen molar-refractivity contribution < 1.29 is 4.74 Å². The van der Waals surface area contributed by atoms with Gasteiger partial charge < -0.3 is 9.64 Å². The summed E-state index contributed by atoms with van der Waals surface area (Å²) in [6, 6.07) is 0. The van der Waals surface area contributed by atoms with Crippen LogP contribution in [0.25, 0.3) is 0 Å². The van der Waals surface area contributed by atoms with E-state index < -0.39 is 0 Å². The molecule has 0 radical (unpaired) electrons. The number of methoxy groups -OCH3 is 1. The van der Waals surface area contributed by atoms with Gasteiger partial charge in [-0.1, -0.05) is 13.3 Å². The third-order valence-electron chi connectivity index (χ3n) is 2.41. The van der Waals surface area contributed by atoms with Crippen molar-refractivity contribution in [3.05, 3.63) is 0 Å². The molecule has 0 aromatic heterocycles. The van der Waals surface area contributed by atoms with E-state index in [1.165, 1.54) is 19.4 Å². The van der Waals surface area contributed by atoms with Gasteiger partial charge in [-0.05, 0) is 31.6 Å². The maximum Gasteiger partial charge on any atom is 0.0474 e. The minimum atomic E-state index is 0.746. The second kappa shape index (κ2) is 9.81. The molecular weight excluding hydrogens is 194 g/mol. The molecule has 0 rings (SSSR count). The number of hydrogen-bond donors (Lipinski definition) is 1. The largest absolute Gasteiger partial charge is 0.385 e. The van der Waals surface area contributed by atoms with Gasteiger partial charge in [-0.15, -0.1) is 0 Å². The number of ether oxygens (including phenoxy) is 1. The van der Waals surface area contributed by atoms with Crippen LogP contribution in [0.3, 0.4) is 0 Å². The van der Waals surface area contributed by atoms with Crippen molar-refractivity contribution >= 4 is 12.6 Å². The van der Waals surface area contributed by atoms with Crippen LogP contribution < -0.4 is 0 Å². The van der Waals surface area contributed by atoms with Gasteiger partial charge in [-0.3, -0.25) is 0 Å². The molecule has 1 atom stereocenters. The molecule has 1 unspecified atom stereocenters. The molecule has 86 valence electrons. The van der Waals surface area contributed by atoms with Crippen LogP contribution in [0.1, 0.15) is 26.2 Å². The average molecular weight is 219 g/mol. The van der Waals surface area contributed by atoms with Crippen molar-refractivity contribution in [1.82, 2.24) is 4.90 Å². The van der Waals surface area contributed by atoms with Gasteiger partial charge >= 0.3 is 0 Å². The van der Waals surface area contributed by atoms with Gasteiger partial charge in [0.15, 0.2) is 0 Å². The molecule has 0 saturated heterocycles. The summed E-state index contributed by atoms with van der Waals surface area (Å²) in [5, 5.41) is 0. The second-order valence-electron chi connectivity index (χ2n) is 3.95. The van der Waals surface area contributed by atoms with Crippen LogP contribution in [0.5, 0.6) is 0 Å². The van der Waals surface area contributed by atoms with Gasteiger partial charge in [0.2, 0.25) is 0 Å². The molecule has 0 heterocycles. The lowest BCUT2D eigenvalue weighted by molar-refractivity contribution is 0.174. The van der Waals surface area contributed by atoms with E-state index in [0.29, 0.717) is 0 Å². The first-order valence-corrected chi connectivity index (χ1v) is 6.16. The van der Waals surface area contributed by atoms with Gasteiger partial charge in [0.05, 0.1) is 0 Å². The highest BCUT2D eigenvalue weighted by Crippen LogP contribution is 2.09. The fourth-order valence-corrected chi connectivity index (χ4v) is 1.96. The van der Waals surface area contributed by atoms with Gasteiger partial charge in [0, 0.05) is 26.8 Å². The molecule has 0 bridgehead atoms. The van der Waals surface area contributed by atoms with Gasteiger partial charge in [0.1, 0.15) is 0 Å². The molecule has 0 aliphatic carbocycles. The first-order chi connectivity index (χ1) is 6.74. The topological polar surface area (TPSA) is 12.5 Å². The van der Waals surface area contributed by atoms with E-state index in [-0.39, 0.29) is 0 Å². The molecule has 0 aromatic rings. The Morgan fingerprint density at radius 3 is 2.64 bits per heavy atom. The van der Waals surface area contributed by atoms with Crippen LogP contribution in [0.4, 0.5) is 0 Å². The zero-order chi connectivity index (χ0) is 10.8. The maximum atomic E-state index is 5.03. The summed E-state index contributed by atoms with van der Waals surface area (Å²) in [4.78, 5) is 2.38. The fraction of sp³-hybridized carbons (Fsp3) is 1.00. The van der Waals surface area contributed by atoms with Crippen LogP contribution in [-0.4, -0.2) is 44.5 Å². The van der Waals surface area contributed by atoms with Crippen LogP contribution in [-0.2, 0) is 4.74 Å². The zero-order valence-electron chi connectivity index (χ0n) is 9.83. The smallest absolute Gasteiger partial charge is 0.0474 e. The summed E-state index contributed by atoms with van der Waals surface area (Å²) < 4.78 is 5.03. The summed E-state index contributed by atoms with van der Waals surface area (Å²) in [6.07, 6.45) is 3.67. The third kappa shape index (κ3) is 7.65. The molecule has 0 fully saturated rings. The Hall–Kier alpha value is 0.270. The third-order valence-corrected chi connectivity index (χ3v) is 2.93. The van der Waals surface area contributed by atoms with E-state index in [2.05, 4.69) is 31.5 Å². The Morgan fingerprint density at radius 2 is 2.14 bits per heavy atom. The zero-order valence-corrected chi connectivity index (χ0v) is 10.7. The Balaban J connectivity index is 3.51. The van der Waals surface area contributed by atoms with E-state index in [9.17, 15) is 0 Å². The van der Waals surface area contributed by atoms with Crippen molar-refractivity contribution in [2.45, 2.75) is 26.2 Å². The standard InChI is InChI=1S/C11H25NOS/c1-4-6-11(10-14)9-12(2)7-5-8-13-3/h11,14H,4-10H2,1-3H3. The summed E-state index contributed by atoms with van der Waals surface area (Å²) in [7, 11) is 3.94.